The second-order valence-corrected chi connectivity index (χ2v) is 7.10. The molecule has 1 aliphatic rings. The molecule has 0 spiro atoms. The second-order valence-electron chi connectivity index (χ2n) is 5.99. The average Bonchev–Trinajstić information content (AvgIpc) is 2.90. The number of nitriles is 1. The van der Waals surface area contributed by atoms with E-state index in [1.54, 1.807) is 0 Å². The molecule has 0 fully saturated rings. The quantitative estimate of drug-likeness (QED) is 0.650. The Bertz CT molecular complexity index is 850. The van der Waals surface area contributed by atoms with Gasteiger partial charge in [0, 0.05) is 22.6 Å². The van der Waals surface area contributed by atoms with Crippen molar-refractivity contribution in [1.29, 1.82) is 5.26 Å². The SMILES string of the molecule is N#Cc1c(NC(=O)c2ccc([N+](=O)[O-])cc2)sc2c1CCCCCC2. The molecular weight excluding hydrogens is 338 g/mol. The van der Waals surface area contributed by atoms with Crippen LogP contribution in [-0.2, 0) is 12.8 Å². The van der Waals surface area contributed by atoms with E-state index in [0.29, 0.717) is 16.1 Å². The van der Waals surface area contributed by atoms with Crippen LogP contribution >= 0.6 is 11.3 Å². The Morgan fingerprint density at radius 1 is 1.16 bits per heavy atom. The number of nitro groups is 1. The van der Waals surface area contributed by atoms with Crippen molar-refractivity contribution >= 4 is 27.9 Å². The van der Waals surface area contributed by atoms with Gasteiger partial charge in [-0.2, -0.15) is 5.26 Å². The Morgan fingerprint density at radius 3 is 2.48 bits per heavy atom. The molecule has 1 aliphatic carbocycles. The number of thiophene rings is 1. The summed E-state index contributed by atoms with van der Waals surface area (Å²) < 4.78 is 0. The molecule has 0 saturated heterocycles. The van der Waals surface area contributed by atoms with Crippen molar-refractivity contribution in [2.75, 3.05) is 5.32 Å². The number of amides is 1. The Morgan fingerprint density at radius 2 is 1.84 bits per heavy atom. The molecule has 2 aromatic rings. The summed E-state index contributed by atoms with van der Waals surface area (Å²) in [7, 11) is 0. The standard InChI is InChI=1S/C18H17N3O3S/c19-11-15-14-5-3-1-2-4-6-16(14)25-18(15)20-17(22)12-7-9-13(10-8-12)21(23)24/h7-10H,1-6H2,(H,20,22). The summed E-state index contributed by atoms with van der Waals surface area (Å²) in [5.74, 6) is -0.361. The maximum atomic E-state index is 12.4. The Kier molecular flexibility index (Phi) is 5.10. The van der Waals surface area contributed by atoms with Crippen LogP contribution in [0.2, 0.25) is 0 Å². The number of anilines is 1. The number of hydrogen-bond donors (Lipinski definition) is 1. The zero-order chi connectivity index (χ0) is 17.8. The largest absolute Gasteiger partial charge is 0.312 e. The van der Waals surface area contributed by atoms with E-state index < -0.39 is 4.92 Å². The average molecular weight is 355 g/mol. The molecule has 0 unspecified atom stereocenters. The summed E-state index contributed by atoms with van der Waals surface area (Å²) in [5.41, 5.74) is 1.91. The third-order valence-electron chi connectivity index (χ3n) is 4.35. The van der Waals surface area contributed by atoms with Crippen LogP contribution in [0.5, 0.6) is 0 Å². The van der Waals surface area contributed by atoms with Gasteiger partial charge in [-0.3, -0.25) is 14.9 Å². The van der Waals surface area contributed by atoms with Gasteiger partial charge in [0.15, 0.2) is 0 Å². The highest BCUT2D eigenvalue weighted by Gasteiger charge is 2.21. The van der Waals surface area contributed by atoms with Gasteiger partial charge in [0.1, 0.15) is 11.1 Å². The van der Waals surface area contributed by atoms with Crippen molar-refractivity contribution in [2.24, 2.45) is 0 Å². The van der Waals surface area contributed by atoms with Crippen LogP contribution < -0.4 is 5.32 Å². The molecule has 1 N–H and O–H groups in total. The van der Waals surface area contributed by atoms with Crippen LogP contribution in [0.15, 0.2) is 24.3 Å². The van der Waals surface area contributed by atoms with Crippen LogP contribution in [-0.4, -0.2) is 10.8 Å². The van der Waals surface area contributed by atoms with E-state index in [2.05, 4.69) is 11.4 Å². The van der Waals surface area contributed by atoms with Gasteiger partial charge in [-0.25, -0.2) is 0 Å². The number of carbonyl (C=O) groups is 1. The molecule has 128 valence electrons. The first-order valence-electron chi connectivity index (χ1n) is 8.20. The highest BCUT2D eigenvalue weighted by molar-refractivity contribution is 7.16. The molecule has 1 aromatic heterocycles. The lowest BCUT2D eigenvalue weighted by molar-refractivity contribution is -0.384. The molecule has 0 bridgehead atoms. The molecular formula is C18H17N3O3S. The van der Waals surface area contributed by atoms with E-state index in [1.807, 2.05) is 0 Å². The molecule has 6 nitrogen and oxygen atoms in total. The summed E-state index contributed by atoms with van der Waals surface area (Å²) in [6.45, 7) is 0. The fraction of sp³-hybridized carbons (Fsp3) is 0.333. The summed E-state index contributed by atoms with van der Waals surface area (Å²) in [5, 5.41) is 23.6. The topological polar surface area (TPSA) is 96.0 Å². The normalized spacial score (nSPS) is 13.9. The van der Waals surface area contributed by atoms with Crippen LogP contribution in [0.25, 0.3) is 0 Å². The minimum Gasteiger partial charge on any atom is -0.312 e. The molecule has 7 heteroatoms. The van der Waals surface area contributed by atoms with Gasteiger partial charge in [0.05, 0.1) is 10.5 Å². The highest BCUT2D eigenvalue weighted by atomic mass is 32.1. The molecule has 0 atom stereocenters. The van der Waals surface area contributed by atoms with E-state index in [9.17, 15) is 20.2 Å². The zero-order valence-electron chi connectivity index (χ0n) is 13.6. The smallest absolute Gasteiger partial charge is 0.269 e. The minimum atomic E-state index is -0.505. The van der Waals surface area contributed by atoms with Crippen LogP contribution in [0.3, 0.4) is 0 Å². The maximum absolute atomic E-state index is 12.4. The fourth-order valence-corrected chi connectivity index (χ4v) is 4.27. The molecule has 1 amide bonds. The number of rotatable bonds is 3. The molecule has 1 heterocycles. The fourth-order valence-electron chi connectivity index (χ4n) is 3.04. The van der Waals surface area contributed by atoms with Gasteiger partial charge in [0.25, 0.3) is 11.6 Å². The van der Waals surface area contributed by atoms with Crippen molar-refractivity contribution in [2.45, 2.75) is 38.5 Å². The van der Waals surface area contributed by atoms with Crippen LogP contribution in [0, 0.1) is 21.4 Å². The lowest BCUT2D eigenvalue weighted by Gasteiger charge is -2.08. The van der Waals surface area contributed by atoms with E-state index in [4.69, 9.17) is 0 Å². The predicted molar refractivity (Wildman–Crippen MR) is 96.0 cm³/mol. The number of nitrogens with one attached hydrogen (secondary N) is 1. The number of nitro benzene ring substituents is 1. The van der Waals surface area contributed by atoms with Crippen molar-refractivity contribution in [3.05, 3.63) is 55.9 Å². The van der Waals surface area contributed by atoms with E-state index in [1.165, 1.54) is 53.3 Å². The Labute approximate surface area is 149 Å². The van der Waals surface area contributed by atoms with Crippen molar-refractivity contribution in [3.63, 3.8) is 0 Å². The molecule has 0 radical (unpaired) electrons. The predicted octanol–water partition coefficient (Wildman–Crippen LogP) is 4.44. The minimum absolute atomic E-state index is 0.0617. The first-order chi connectivity index (χ1) is 12.1. The number of benzene rings is 1. The van der Waals surface area contributed by atoms with Crippen molar-refractivity contribution in [1.82, 2.24) is 0 Å². The first-order valence-corrected chi connectivity index (χ1v) is 9.02. The highest BCUT2D eigenvalue weighted by Crippen LogP contribution is 2.36. The summed E-state index contributed by atoms with van der Waals surface area (Å²) in [6, 6.07) is 7.68. The number of nitrogens with zero attached hydrogens (tertiary/aromatic N) is 2. The lowest BCUT2D eigenvalue weighted by Crippen LogP contribution is -2.11. The van der Waals surface area contributed by atoms with E-state index >= 15 is 0 Å². The molecule has 0 saturated carbocycles. The van der Waals surface area contributed by atoms with Gasteiger partial charge < -0.3 is 5.32 Å². The molecule has 25 heavy (non-hydrogen) atoms. The van der Waals surface area contributed by atoms with Gasteiger partial charge in [-0.15, -0.1) is 11.3 Å². The summed E-state index contributed by atoms with van der Waals surface area (Å²) in [4.78, 5) is 23.8. The van der Waals surface area contributed by atoms with E-state index in [0.717, 1.165) is 31.2 Å². The zero-order valence-corrected chi connectivity index (χ0v) is 14.4. The van der Waals surface area contributed by atoms with Gasteiger partial charge in [0.2, 0.25) is 0 Å². The second kappa shape index (κ2) is 7.45. The number of aryl methyl sites for hydroxylation is 1. The number of carbonyl (C=O) groups excluding carboxylic acids is 1. The third kappa shape index (κ3) is 3.69. The number of hydrogen-bond acceptors (Lipinski definition) is 5. The van der Waals surface area contributed by atoms with Gasteiger partial charge in [-0.05, 0) is 43.4 Å². The summed E-state index contributed by atoms with van der Waals surface area (Å²) in [6.07, 6.45) is 6.36. The van der Waals surface area contributed by atoms with Gasteiger partial charge >= 0.3 is 0 Å². The third-order valence-corrected chi connectivity index (χ3v) is 5.56. The first kappa shape index (κ1) is 17.1. The maximum Gasteiger partial charge on any atom is 0.269 e. The van der Waals surface area contributed by atoms with Crippen LogP contribution in [0.1, 0.15) is 52.0 Å². The monoisotopic (exact) mass is 355 g/mol. The molecule has 3 rings (SSSR count). The van der Waals surface area contributed by atoms with E-state index in [-0.39, 0.29) is 11.6 Å². The van der Waals surface area contributed by atoms with Crippen LogP contribution in [0.4, 0.5) is 10.7 Å². The van der Waals surface area contributed by atoms with Crippen molar-refractivity contribution in [3.8, 4) is 6.07 Å². The Hall–Kier alpha value is -2.72. The van der Waals surface area contributed by atoms with Crippen molar-refractivity contribution < 1.29 is 9.72 Å². The molecule has 1 aromatic carbocycles. The number of fused-ring (bicyclic) bond motifs is 1. The Balaban J connectivity index is 1.84. The lowest BCUT2D eigenvalue weighted by atomic mass is 9.97. The number of non-ortho nitro benzene ring substituents is 1. The molecule has 0 aliphatic heterocycles. The summed E-state index contributed by atoms with van der Waals surface area (Å²) >= 11 is 1.48. The van der Waals surface area contributed by atoms with Gasteiger partial charge in [-0.1, -0.05) is 12.8 Å².